The number of benzene rings is 1. The topological polar surface area (TPSA) is 57.2 Å². The first kappa shape index (κ1) is 33.8. The fraction of sp³-hybridized carbons (Fsp3) is 0.765. The lowest BCUT2D eigenvalue weighted by Gasteiger charge is -2.55. The van der Waals surface area contributed by atoms with Gasteiger partial charge >= 0.3 is 12.6 Å². The van der Waals surface area contributed by atoms with Crippen LogP contribution in [-0.2, 0) is 18.9 Å². The zero-order chi connectivity index (χ0) is 32.1. The zero-order valence-corrected chi connectivity index (χ0v) is 26.4. The molecule has 6 atom stereocenters. The summed E-state index contributed by atoms with van der Waals surface area (Å²) >= 11 is 0. The van der Waals surface area contributed by atoms with Gasteiger partial charge in [-0.3, -0.25) is 0 Å². The molecule has 0 amide bonds. The van der Waals surface area contributed by atoms with Crippen LogP contribution in [0.5, 0.6) is 0 Å². The van der Waals surface area contributed by atoms with Crippen LogP contribution in [0.2, 0.25) is 0 Å². The van der Waals surface area contributed by atoms with Crippen molar-refractivity contribution >= 4 is 0 Å². The van der Waals surface area contributed by atoms with Gasteiger partial charge in [0.05, 0.1) is 19.3 Å². The maximum atomic E-state index is 11.2. The fourth-order valence-corrected chi connectivity index (χ4v) is 8.75. The molecule has 1 N–H and O–H groups in total. The molecule has 6 rings (SSSR count). The molecular formula is C34H47F5O5. The minimum absolute atomic E-state index is 0.0104. The van der Waals surface area contributed by atoms with E-state index >= 15 is 0 Å². The first-order valence-electron chi connectivity index (χ1n) is 15.8. The Kier molecular flexibility index (Phi) is 9.63. The molecule has 4 aliphatic carbocycles. The van der Waals surface area contributed by atoms with Gasteiger partial charge in [-0.15, -0.1) is 0 Å². The largest absolute Gasteiger partial charge is 0.450 e. The summed E-state index contributed by atoms with van der Waals surface area (Å²) in [5.41, 5.74) is 5.91. The molecule has 44 heavy (non-hydrogen) atoms. The van der Waals surface area contributed by atoms with Gasteiger partial charge in [-0.05, 0) is 67.3 Å². The maximum Gasteiger partial charge on any atom is 0.450 e. The Labute approximate surface area is 257 Å². The second kappa shape index (κ2) is 12.5. The molecular weight excluding hydrogens is 583 g/mol. The number of fused-ring (bicyclic) bond motifs is 4. The number of ether oxygens (including phenoxy) is 4. The van der Waals surface area contributed by atoms with Crippen LogP contribution in [0.15, 0.2) is 35.4 Å². The van der Waals surface area contributed by atoms with Crippen LogP contribution >= 0.6 is 0 Å². The molecule has 248 valence electrons. The van der Waals surface area contributed by atoms with Crippen LogP contribution in [0, 0.1) is 28.6 Å². The minimum Gasteiger partial charge on any atom is -0.393 e. The van der Waals surface area contributed by atoms with Gasteiger partial charge in [-0.1, -0.05) is 56.2 Å². The van der Waals surface area contributed by atoms with E-state index in [2.05, 4.69) is 45.0 Å². The second-order valence-electron chi connectivity index (χ2n) is 14.5. The maximum absolute atomic E-state index is 11.2. The summed E-state index contributed by atoms with van der Waals surface area (Å²) in [7, 11) is 3.36. The van der Waals surface area contributed by atoms with Crippen molar-refractivity contribution in [2.24, 2.45) is 28.6 Å². The highest BCUT2D eigenvalue weighted by Gasteiger charge is 2.57. The Morgan fingerprint density at radius 3 is 2.09 bits per heavy atom. The number of aliphatic hydroxyl groups is 1. The van der Waals surface area contributed by atoms with Gasteiger partial charge in [0.15, 0.2) is 12.1 Å². The number of allylic oxidation sites excluding steroid dienone is 2. The van der Waals surface area contributed by atoms with E-state index in [-0.39, 0.29) is 23.2 Å². The van der Waals surface area contributed by atoms with Crippen molar-refractivity contribution in [2.45, 2.75) is 109 Å². The van der Waals surface area contributed by atoms with Crippen molar-refractivity contribution in [1.82, 2.24) is 0 Å². The summed E-state index contributed by atoms with van der Waals surface area (Å²) in [6.45, 7) is 8.40. The third-order valence-corrected chi connectivity index (χ3v) is 11.0. The molecule has 0 aromatic heterocycles. The summed E-state index contributed by atoms with van der Waals surface area (Å²) < 4.78 is 76.1. The molecule has 1 aliphatic heterocycles. The first-order valence-corrected chi connectivity index (χ1v) is 15.8. The first-order chi connectivity index (χ1) is 20.6. The predicted octanol–water partition coefficient (Wildman–Crippen LogP) is 8.33. The Bertz CT molecular complexity index is 1170. The van der Waals surface area contributed by atoms with Crippen molar-refractivity contribution in [3.8, 4) is 0 Å². The van der Waals surface area contributed by atoms with E-state index in [9.17, 15) is 27.1 Å². The standard InChI is InChI=1S/C32H46O5.C2HF5/c1-30(2)18-36-32(37-19-30)15-14-23-22(16-32)10-11-24-26-12-13-27(33)31(26,3)17-25(28(23)24)20-6-8-21(9-7-20)29(34-4)35-5;3-1(4)2(5,6)7/h6-9,22,24-27,29,33H,10-19H2,1-5H3;1H/t22?,24?,25-,26?,27+,31+;/m1./s1. The quantitative estimate of drug-likeness (QED) is 0.206. The van der Waals surface area contributed by atoms with Gasteiger partial charge in [-0.2, -0.15) is 13.2 Å². The lowest BCUT2D eigenvalue weighted by molar-refractivity contribution is -0.312. The second-order valence-corrected chi connectivity index (χ2v) is 14.5. The van der Waals surface area contributed by atoms with E-state index in [0.29, 0.717) is 23.7 Å². The van der Waals surface area contributed by atoms with Crippen LogP contribution in [0.25, 0.3) is 0 Å². The number of aliphatic hydroxyl groups excluding tert-OH is 1. The van der Waals surface area contributed by atoms with E-state index in [4.69, 9.17) is 18.9 Å². The smallest absolute Gasteiger partial charge is 0.393 e. The SMILES string of the molecule is COC(OC)c1ccc([C@H]2C[C@@]3(C)C(CC[C@@H]3O)C3CCC4CC5(CCC4=C32)OCC(C)(C)CO5)cc1.FC(F)C(F)(F)F. The van der Waals surface area contributed by atoms with Crippen molar-refractivity contribution in [1.29, 1.82) is 0 Å². The predicted molar refractivity (Wildman–Crippen MR) is 155 cm³/mol. The molecule has 5 aliphatic rings. The third-order valence-electron chi connectivity index (χ3n) is 11.0. The third kappa shape index (κ3) is 6.48. The highest BCUT2D eigenvalue weighted by Crippen LogP contribution is 2.65. The van der Waals surface area contributed by atoms with Gasteiger partial charge in [0.25, 0.3) is 0 Å². The zero-order valence-electron chi connectivity index (χ0n) is 26.4. The van der Waals surface area contributed by atoms with E-state index in [1.165, 1.54) is 18.4 Å². The summed E-state index contributed by atoms with van der Waals surface area (Å²) in [5.74, 6) is 1.68. The van der Waals surface area contributed by atoms with Gasteiger partial charge < -0.3 is 24.1 Å². The highest BCUT2D eigenvalue weighted by molar-refractivity contribution is 5.41. The number of hydrogen-bond donors (Lipinski definition) is 1. The molecule has 0 bridgehead atoms. The lowest BCUT2D eigenvalue weighted by Crippen LogP contribution is -2.52. The van der Waals surface area contributed by atoms with Crippen LogP contribution in [0.3, 0.4) is 0 Å². The van der Waals surface area contributed by atoms with Crippen molar-refractivity contribution in [3.05, 3.63) is 46.5 Å². The normalized spacial score (nSPS) is 34.3. The average molecular weight is 631 g/mol. The van der Waals surface area contributed by atoms with E-state index in [1.807, 2.05) is 0 Å². The molecule has 1 aromatic carbocycles. The summed E-state index contributed by atoms with van der Waals surface area (Å²) in [4.78, 5) is 0. The van der Waals surface area contributed by atoms with Crippen molar-refractivity contribution in [3.63, 3.8) is 0 Å². The highest BCUT2D eigenvalue weighted by atomic mass is 19.4. The molecule has 1 heterocycles. The van der Waals surface area contributed by atoms with E-state index in [0.717, 1.165) is 57.3 Å². The van der Waals surface area contributed by atoms with Gasteiger partial charge in [0.2, 0.25) is 0 Å². The number of methoxy groups -OCH3 is 2. The Hall–Kier alpha value is -1.59. The lowest BCUT2D eigenvalue weighted by atomic mass is 9.52. The number of alkyl halides is 5. The van der Waals surface area contributed by atoms with E-state index < -0.39 is 18.4 Å². The molecule has 0 radical (unpaired) electrons. The molecule has 5 nitrogen and oxygen atoms in total. The molecule has 4 fully saturated rings. The van der Waals surface area contributed by atoms with E-state index in [1.54, 1.807) is 25.4 Å². The molecule has 3 unspecified atom stereocenters. The van der Waals surface area contributed by atoms with Crippen LogP contribution in [-0.4, -0.2) is 57.0 Å². The number of rotatable bonds is 4. The monoisotopic (exact) mass is 630 g/mol. The molecule has 1 aromatic rings. The fourth-order valence-electron chi connectivity index (χ4n) is 8.75. The molecule has 1 spiro atoms. The molecule has 3 saturated carbocycles. The summed E-state index contributed by atoms with van der Waals surface area (Å²) in [6, 6.07) is 8.89. The van der Waals surface area contributed by atoms with Gasteiger partial charge in [-0.25, -0.2) is 8.78 Å². The summed E-state index contributed by atoms with van der Waals surface area (Å²) in [5, 5.41) is 11.2. The van der Waals surface area contributed by atoms with Gasteiger partial charge in [0.1, 0.15) is 0 Å². The average Bonchev–Trinajstić information content (AvgIpc) is 3.28. The Balaban J connectivity index is 0.000000493. The Morgan fingerprint density at radius 1 is 0.909 bits per heavy atom. The van der Waals surface area contributed by atoms with Crippen molar-refractivity contribution in [2.75, 3.05) is 27.4 Å². The van der Waals surface area contributed by atoms with Crippen LogP contribution < -0.4 is 0 Å². The summed E-state index contributed by atoms with van der Waals surface area (Å²) in [6.07, 6.45) is -1.46. The molecule has 10 heteroatoms. The molecule has 1 saturated heterocycles. The van der Waals surface area contributed by atoms with Crippen LogP contribution in [0.1, 0.15) is 95.5 Å². The number of halogens is 5. The number of hydrogen-bond acceptors (Lipinski definition) is 5. The van der Waals surface area contributed by atoms with Crippen molar-refractivity contribution < 1.29 is 46.0 Å². The van der Waals surface area contributed by atoms with Gasteiger partial charge in [0, 0.05) is 44.0 Å². The van der Waals surface area contributed by atoms with Crippen LogP contribution in [0.4, 0.5) is 22.0 Å². The Morgan fingerprint density at radius 2 is 1.52 bits per heavy atom. The minimum atomic E-state index is -5.33.